The van der Waals surface area contributed by atoms with E-state index in [0.717, 1.165) is 39.2 Å². The zero-order chi connectivity index (χ0) is 18.9. The van der Waals surface area contributed by atoms with Crippen molar-refractivity contribution in [2.45, 2.75) is 31.6 Å². The van der Waals surface area contributed by atoms with Crippen molar-refractivity contribution in [2.75, 3.05) is 13.1 Å². The Bertz CT molecular complexity index is 888. The van der Waals surface area contributed by atoms with Gasteiger partial charge < -0.3 is 0 Å². The first kappa shape index (κ1) is 18.2. The van der Waals surface area contributed by atoms with Crippen LogP contribution in [0.1, 0.15) is 29.5 Å². The van der Waals surface area contributed by atoms with Crippen molar-refractivity contribution in [3.05, 3.63) is 59.4 Å². The molecule has 1 aliphatic heterocycles. The lowest BCUT2D eigenvalue weighted by Crippen LogP contribution is -2.37. The molecular formula is C19H19F3N4S. The fourth-order valence-corrected chi connectivity index (χ4v) is 4.48. The minimum atomic E-state index is -4.37. The van der Waals surface area contributed by atoms with E-state index in [4.69, 9.17) is 0 Å². The molecule has 142 valence electrons. The van der Waals surface area contributed by atoms with Crippen molar-refractivity contribution in [1.82, 2.24) is 19.7 Å². The molecule has 8 heteroatoms. The number of piperidine rings is 1. The standard InChI is InChI=1S/C19H19F3N4S/c20-19(21,22)17-8-9-24-26(17)15-7-4-10-25(12-15)13-16-11-23-18(27-16)14-5-2-1-3-6-14/h1-3,5-6,8-9,11,15H,4,7,10,12-13H2/t15-/m0/s1. The molecule has 0 radical (unpaired) electrons. The Morgan fingerprint density at radius 2 is 1.96 bits per heavy atom. The van der Waals surface area contributed by atoms with E-state index in [1.54, 1.807) is 11.3 Å². The van der Waals surface area contributed by atoms with E-state index < -0.39 is 11.9 Å². The van der Waals surface area contributed by atoms with Crippen LogP contribution < -0.4 is 0 Å². The van der Waals surface area contributed by atoms with Gasteiger partial charge in [-0.3, -0.25) is 9.58 Å². The lowest BCUT2D eigenvalue weighted by molar-refractivity contribution is -0.145. The SMILES string of the molecule is FC(F)(F)c1ccnn1[C@H]1CCCN(Cc2cnc(-c3ccccc3)s2)C1. The molecule has 1 aromatic carbocycles. The average Bonchev–Trinajstić information content (AvgIpc) is 3.32. The van der Waals surface area contributed by atoms with Crippen molar-refractivity contribution in [3.63, 3.8) is 0 Å². The molecule has 4 rings (SSSR count). The van der Waals surface area contributed by atoms with Gasteiger partial charge in [-0.05, 0) is 25.5 Å². The van der Waals surface area contributed by atoms with E-state index in [2.05, 4.69) is 15.0 Å². The molecule has 0 saturated carbocycles. The third kappa shape index (κ3) is 4.06. The Balaban J connectivity index is 1.45. The number of rotatable bonds is 4. The fraction of sp³-hybridized carbons (Fsp3) is 0.368. The van der Waals surface area contributed by atoms with Crippen LogP contribution in [0.5, 0.6) is 0 Å². The summed E-state index contributed by atoms with van der Waals surface area (Å²) in [7, 11) is 0. The zero-order valence-corrected chi connectivity index (χ0v) is 15.4. The normalized spacial score (nSPS) is 18.7. The van der Waals surface area contributed by atoms with Gasteiger partial charge >= 0.3 is 6.18 Å². The predicted octanol–water partition coefficient (Wildman–Crippen LogP) is 4.86. The van der Waals surface area contributed by atoms with Gasteiger partial charge in [0.2, 0.25) is 0 Å². The van der Waals surface area contributed by atoms with Gasteiger partial charge in [0.05, 0.1) is 6.04 Å². The number of aromatic nitrogens is 3. The van der Waals surface area contributed by atoms with Crippen LogP contribution in [0.3, 0.4) is 0 Å². The number of nitrogens with zero attached hydrogens (tertiary/aromatic N) is 4. The summed E-state index contributed by atoms with van der Waals surface area (Å²) in [5.41, 5.74) is 0.412. The lowest BCUT2D eigenvalue weighted by Gasteiger charge is -2.33. The van der Waals surface area contributed by atoms with E-state index in [9.17, 15) is 13.2 Å². The maximum Gasteiger partial charge on any atom is 0.433 e. The molecule has 1 aliphatic rings. The van der Waals surface area contributed by atoms with Gasteiger partial charge in [-0.25, -0.2) is 4.98 Å². The summed E-state index contributed by atoms with van der Waals surface area (Å²) in [6, 6.07) is 10.8. The highest BCUT2D eigenvalue weighted by molar-refractivity contribution is 7.15. The highest BCUT2D eigenvalue weighted by atomic mass is 32.1. The predicted molar refractivity (Wildman–Crippen MR) is 98.3 cm³/mol. The van der Waals surface area contributed by atoms with Crippen molar-refractivity contribution in [3.8, 4) is 10.6 Å². The number of hydrogen-bond acceptors (Lipinski definition) is 4. The molecule has 0 N–H and O–H groups in total. The monoisotopic (exact) mass is 392 g/mol. The van der Waals surface area contributed by atoms with Gasteiger partial charge in [0, 0.05) is 35.9 Å². The number of thiazole rings is 1. The first-order valence-corrected chi connectivity index (χ1v) is 9.65. The van der Waals surface area contributed by atoms with E-state index in [1.807, 2.05) is 36.5 Å². The topological polar surface area (TPSA) is 34.0 Å². The van der Waals surface area contributed by atoms with Crippen LogP contribution in [0.15, 0.2) is 48.8 Å². The summed E-state index contributed by atoms with van der Waals surface area (Å²) in [5, 5.41) is 4.92. The largest absolute Gasteiger partial charge is 0.433 e. The van der Waals surface area contributed by atoms with Crippen LogP contribution in [0.2, 0.25) is 0 Å². The van der Waals surface area contributed by atoms with Crippen molar-refractivity contribution in [2.24, 2.45) is 0 Å². The Hall–Kier alpha value is -2.19. The van der Waals surface area contributed by atoms with Crippen LogP contribution in [0, 0.1) is 0 Å². The Labute approximate surface area is 159 Å². The summed E-state index contributed by atoms with van der Waals surface area (Å²) < 4.78 is 40.6. The Kier molecular flexibility index (Phi) is 5.01. The molecular weight excluding hydrogens is 373 g/mol. The maximum absolute atomic E-state index is 13.2. The minimum Gasteiger partial charge on any atom is -0.296 e. The molecule has 0 spiro atoms. The van der Waals surface area contributed by atoms with Gasteiger partial charge in [-0.1, -0.05) is 30.3 Å². The molecule has 0 bridgehead atoms. The molecule has 1 fully saturated rings. The lowest BCUT2D eigenvalue weighted by atomic mass is 10.1. The summed E-state index contributed by atoms with van der Waals surface area (Å²) in [5.74, 6) is 0. The molecule has 3 heterocycles. The second-order valence-corrected chi connectivity index (χ2v) is 7.80. The summed E-state index contributed by atoms with van der Waals surface area (Å²) in [4.78, 5) is 7.80. The minimum absolute atomic E-state index is 0.258. The van der Waals surface area contributed by atoms with Crippen molar-refractivity contribution >= 4 is 11.3 Å². The molecule has 1 saturated heterocycles. The average molecular weight is 392 g/mol. The fourth-order valence-electron chi connectivity index (χ4n) is 3.52. The van der Waals surface area contributed by atoms with Crippen LogP contribution in [-0.2, 0) is 12.7 Å². The molecule has 4 nitrogen and oxygen atoms in total. The van der Waals surface area contributed by atoms with Crippen molar-refractivity contribution in [1.29, 1.82) is 0 Å². The summed E-state index contributed by atoms with van der Waals surface area (Å²) in [6.45, 7) is 2.13. The summed E-state index contributed by atoms with van der Waals surface area (Å²) >= 11 is 1.63. The summed E-state index contributed by atoms with van der Waals surface area (Å²) in [6.07, 6.45) is 0.287. The van der Waals surface area contributed by atoms with Gasteiger partial charge in [0.25, 0.3) is 0 Å². The van der Waals surface area contributed by atoms with E-state index >= 15 is 0 Å². The zero-order valence-electron chi connectivity index (χ0n) is 14.6. The second-order valence-electron chi connectivity index (χ2n) is 6.69. The smallest absolute Gasteiger partial charge is 0.296 e. The molecule has 1 atom stereocenters. The van der Waals surface area contributed by atoms with Crippen LogP contribution in [0.4, 0.5) is 13.2 Å². The Morgan fingerprint density at radius 3 is 2.74 bits per heavy atom. The first-order chi connectivity index (χ1) is 13.0. The highest BCUT2D eigenvalue weighted by Gasteiger charge is 2.37. The van der Waals surface area contributed by atoms with Gasteiger partial charge in [0.1, 0.15) is 10.7 Å². The molecule has 0 aliphatic carbocycles. The van der Waals surface area contributed by atoms with Crippen molar-refractivity contribution < 1.29 is 13.2 Å². The number of alkyl halides is 3. The molecule has 0 amide bonds. The Morgan fingerprint density at radius 1 is 1.15 bits per heavy atom. The number of hydrogen-bond donors (Lipinski definition) is 0. The van der Waals surface area contributed by atoms with Gasteiger partial charge in [-0.15, -0.1) is 11.3 Å². The third-order valence-electron chi connectivity index (χ3n) is 4.74. The second kappa shape index (κ2) is 7.44. The number of likely N-dealkylation sites (tertiary alicyclic amines) is 1. The van der Waals surface area contributed by atoms with E-state index in [0.29, 0.717) is 19.5 Å². The maximum atomic E-state index is 13.2. The first-order valence-electron chi connectivity index (χ1n) is 8.84. The van der Waals surface area contributed by atoms with Crippen LogP contribution in [0.25, 0.3) is 10.6 Å². The van der Waals surface area contributed by atoms with Gasteiger partial charge in [-0.2, -0.15) is 18.3 Å². The van der Waals surface area contributed by atoms with Crippen LogP contribution >= 0.6 is 11.3 Å². The third-order valence-corrected chi connectivity index (χ3v) is 5.77. The van der Waals surface area contributed by atoms with E-state index in [1.165, 1.54) is 6.20 Å². The molecule has 27 heavy (non-hydrogen) atoms. The van der Waals surface area contributed by atoms with Crippen LogP contribution in [-0.4, -0.2) is 32.8 Å². The highest BCUT2D eigenvalue weighted by Crippen LogP contribution is 2.33. The quantitative estimate of drug-likeness (QED) is 0.636. The molecule has 0 unspecified atom stereocenters. The van der Waals surface area contributed by atoms with Gasteiger partial charge in [0.15, 0.2) is 0 Å². The number of halogens is 3. The van der Waals surface area contributed by atoms with E-state index in [-0.39, 0.29) is 6.04 Å². The number of benzene rings is 1. The molecule has 3 aromatic rings. The molecule has 2 aromatic heterocycles.